The molecule has 0 radical (unpaired) electrons. The van der Waals surface area contributed by atoms with Crippen molar-refractivity contribution in [2.24, 2.45) is 0 Å². The summed E-state index contributed by atoms with van der Waals surface area (Å²) in [7, 11) is 0. The SMILES string of the molecule is CSc1cccc(-n2cc(C)nc2NC2CCCCC2)c1. The third kappa shape index (κ3) is 3.43. The molecule has 0 amide bonds. The van der Waals surface area contributed by atoms with Crippen molar-refractivity contribution < 1.29 is 0 Å². The quantitative estimate of drug-likeness (QED) is 0.834. The number of aromatic nitrogens is 2. The van der Waals surface area contributed by atoms with Gasteiger partial charge in [-0.25, -0.2) is 4.98 Å². The van der Waals surface area contributed by atoms with E-state index in [-0.39, 0.29) is 0 Å². The van der Waals surface area contributed by atoms with Crippen molar-refractivity contribution in [3.8, 4) is 5.69 Å². The van der Waals surface area contributed by atoms with E-state index in [2.05, 4.69) is 58.5 Å². The van der Waals surface area contributed by atoms with E-state index in [1.165, 1.54) is 42.7 Å². The number of nitrogens with zero attached hydrogens (tertiary/aromatic N) is 2. The summed E-state index contributed by atoms with van der Waals surface area (Å²) < 4.78 is 2.18. The maximum atomic E-state index is 4.68. The molecule has 3 nitrogen and oxygen atoms in total. The van der Waals surface area contributed by atoms with E-state index < -0.39 is 0 Å². The number of thioether (sulfide) groups is 1. The van der Waals surface area contributed by atoms with E-state index in [0.29, 0.717) is 6.04 Å². The molecule has 2 aromatic rings. The topological polar surface area (TPSA) is 29.9 Å². The fraction of sp³-hybridized carbons (Fsp3) is 0.471. The first kappa shape index (κ1) is 14.5. The average Bonchev–Trinajstić information content (AvgIpc) is 2.89. The summed E-state index contributed by atoms with van der Waals surface area (Å²) >= 11 is 1.77. The standard InChI is InChI=1S/C17H23N3S/c1-13-12-20(15-9-6-10-16(11-15)21-2)17(18-13)19-14-7-4-3-5-8-14/h6,9-12,14H,3-5,7-8H2,1-2H3,(H,18,19). The van der Waals surface area contributed by atoms with E-state index >= 15 is 0 Å². The highest BCUT2D eigenvalue weighted by atomic mass is 32.2. The number of nitrogens with one attached hydrogen (secondary N) is 1. The molecule has 1 aromatic carbocycles. The highest BCUT2D eigenvalue weighted by Gasteiger charge is 2.16. The summed E-state index contributed by atoms with van der Waals surface area (Å²) in [5, 5.41) is 3.65. The Morgan fingerprint density at radius 2 is 2.05 bits per heavy atom. The number of benzene rings is 1. The van der Waals surface area contributed by atoms with Crippen LogP contribution in [0.1, 0.15) is 37.8 Å². The summed E-state index contributed by atoms with van der Waals surface area (Å²) in [6.45, 7) is 2.06. The molecule has 112 valence electrons. The first-order valence-corrected chi connectivity index (χ1v) is 8.95. The summed E-state index contributed by atoms with van der Waals surface area (Å²) in [6.07, 6.45) is 10.8. The first-order chi connectivity index (χ1) is 10.3. The zero-order chi connectivity index (χ0) is 14.7. The molecule has 4 heteroatoms. The van der Waals surface area contributed by atoms with Crippen molar-refractivity contribution in [1.29, 1.82) is 0 Å². The van der Waals surface area contributed by atoms with Crippen LogP contribution in [0.15, 0.2) is 35.4 Å². The van der Waals surface area contributed by atoms with Gasteiger partial charge in [-0.05, 0) is 44.2 Å². The number of anilines is 1. The van der Waals surface area contributed by atoms with Crippen LogP contribution >= 0.6 is 11.8 Å². The van der Waals surface area contributed by atoms with Gasteiger partial charge in [0.15, 0.2) is 0 Å². The lowest BCUT2D eigenvalue weighted by Gasteiger charge is -2.23. The summed E-state index contributed by atoms with van der Waals surface area (Å²) in [6, 6.07) is 9.20. The fourth-order valence-corrected chi connectivity index (χ4v) is 3.44. The van der Waals surface area contributed by atoms with Crippen LogP contribution < -0.4 is 5.32 Å². The third-order valence-corrected chi connectivity index (χ3v) is 4.82. The van der Waals surface area contributed by atoms with Crippen LogP contribution in [-0.2, 0) is 0 Å². The molecule has 1 aliphatic rings. The van der Waals surface area contributed by atoms with Gasteiger partial charge >= 0.3 is 0 Å². The molecule has 1 saturated carbocycles. The maximum absolute atomic E-state index is 4.68. The maximum Gasteiger partial charge on any atom is 0.207 e. The van der Waals surface area contributed by atoms with E-state index in [1.807, 2.05) is 0 Å². The summed E-state index contributed by atoms with van der Waals surface area (Å²) in [4.78, 5) is 5.96. The van der Waals surface area contributed by atoms with Crippen LogP contribution in [0.2, 0.25) is 0 Å². The van der Waals surface area contributed by atoms with Gasteiger partial charge in [0.1, 0.15) is 0 Å². The van der Waals surface area contributed by atoms with Gasteiger partial charge in [0.05, 0.1) is 5.69 Å². The van der Waals surface area contributed by atoms with Gasteiger partial charge in [-0.2, -0.15) is 0 Å². The van der Waals surface area contributed by atoms with E-state index in [0.717, 1.165) is 11.6 Å². The van der Waals surface area contributed by atoms with Crippen molar-refractivity contribution >= 4 is 17.7 Å². The van der Waals surface area contributed by atoms with Crippen LogP contribution in [0.3, 0.4) is 0 Å². The van der Waals surface area contributed by atoms with Crippen molar-refractivity contribution in [1.82, 2.24) is 9.55 Å². The summed E-state index contributed by atoms with van der Waals surface area (Å²) in [5.74, 6) is 0.984. The third-order valence-electron chi connectivity index (χ3n) is 4.10. The molecule has 0 atom stereocenters. The molecule has 1 heterocycles. The van der Waals surface area contributed by atoms with Gasteiger partial charge < -0.3 is 5.32 Å². The van der Waals surface area contributed by atoms with Crippen molar-refractivity contribution in [3.05, 3.63) is 36.2 Å². The van der Waals surface area contributed by atoms with Gasteiger partial charge in [0.25, 0.3) is 0 Å². The second kappa shape index (κ2) is 6.56. The monoisotopic (exact) mass is 301 g/mol. The second-order valence-corrected chi connectivity index (χ2v) is 6.64. The Labute approximate surface area is 131 Å². The second-order valence-electron chi connectivity index (χ2n) is 5.76. The van der Waals surface area contributed by atoms with Crippen molar-refractivity contribution in [3.63, 3.8) is 0 Å². The average molecular weight is 301 g/mol. The Kier molecular flexibility index (Phi) is 4.54. The van der Waals surface area contributed by atoms with Crippen molar-refractivity contribution in [2.75, 3.05) is 11.6 Å². The molecule has 0 spiro atoms. The zero-order valence-electron chi connectivity index (χ0n) is 12.8. The molecule has 0 bridgehead atoms. The lowest BCUT2D eigenvalue weighted by molar-refractivity contribution is 0.460. The van der Waals surface area contributed by atoms with Crippen LogP contribution in [0.4, 0.5) is 5.95 Å². The molecule has 0 unspecified atom stereocenters. The Morgan fingerprint density at radius 1 is 1.24 bits per heavy atom. The predicted molar refractivity (Wildman–Crippen MR) is 90.6 cm³/mol. The molecule has 3 rings (SSSR count). The van der Waals surface area contributed by atoms with Gasteiger partial charge in [-0.1, -0.05) is 25.3 Å². The smallest absolute Gasteiger partial charge is 0.207 e. The normalized spacial score (nSPS) is 16.1. The number of aryl methyl sites for hydroxylation is 1. The number of hydrogen-bond acceptors (Lipinski definition) is 3. The lowest BCUT2D eigenvalue weighted by Crippen LogP contribution is -2.24. The van der Waals surface area contributed by atoms with E-state index in [4.69, 9.17) is 0 Å². The minimum absolute atomic E-state index is 0.572. The Balaban J connectivity index is 1.87. The number of rotatable bonds is 4. The molecular formula is C17H23N3S. The van der Waals surface area contributed by atoms with Gasteiger partial charge in [-0.3, -0.25) is 4.57 Å². The van der Waals surface area contributed by atoms with Gasteiger partial charge in [0, 0.05) is 22.8 Å². The van der Waals surface area contributed by atoms with Crippen LogP contribution in [0, 0.1) is 6.92 Å². The molecule has 1 aromatic heterocycles. The molecule has 0 saturated heterocycles. The Hall–Kier alpha value is -1.42. The fourth-order valence-electron chi connectivity index (χ4n) is 2.99. The Bertz CT molecular complexity index is 600. The van der Waals surface area contributed by atoms with Gasteiger partial charge in [0.2, 0.25) is 5.95 Å². The summed E-state index contributed by atoms with van der Waals surface area (Å²) in [5.41, 5.74) is 2.24. The predicted octanol–water partition coefficient (Wildman–Crippen LogP) is 4.65. The van der Waals surface area contributed by atoms with E-state index in [9.17, 15) is 0 Å². The highest BCUT2D eigenvalue weighted by molar-refractivity contribution is 7.98. The van der Waals surface area contributed by atoms with E-state index in [1.54, 1.807) is 11.8 Å². The highest BCUT2D eigenvalue weighted by Crippen LogP contribution is 2.25. The zero-order valence-corrected chi connectivity index (χ0v) is 13.6. The first-order valence-electron chi connectivity index (χ1n) is 7.73. The minimum Gasteiger partial charge on any atom is -0.353 e. The molecule has 1 aliphatic carbocycles. The Morgan fingerprint density at radius 3 is 2.81 bits per heavy atom. The minimum atomic E-state index is 0.572. The van der Waals surface area contributed by atoms with Crippen LogP contribution in [-0.4, -0.2) is 21.8 Å². The molecular weight excluding hydrogens is 278 g/mol. The van der Waals surface area contributed by atoms with Gasteiger partial charge in [-0.15, -0.1) is 11.8 Å². The molecule has 0 aliphatic heterocycles. The molecule has 1 fully saturated rings. The lowest BCUT2D eigenvalue weighted by atomic mass is 9.96. The largest absolute Gasteiger partial charge is 0.353 e. The number of hydrogen-bond donors (Lipinski definition) is 1. The molecule has 1 N–H and O–H groups in total. The van der Waals surface area contributed by atoms with Crippen LogP contribution in [0.25, 0.3) is 5.69 Å². The number of imidazole rings is 1. The van der Waals surface area contributed by atoms with Crippen molar-refractivity contribution in [2.45, 2.75) is 50.0 Å². The molecule has 21 heavy (non-hydrogen) atoms. The van der Waals surface area contributed by atoms with Crippen LogP contribution in [0.5, 0.6) is 0 Å².